The lowest BCUT2D eigenvalue weighted by Crippen LogP contribution is -2.07. The van der Waals surface area contributed by atoms with E-state index in [1.54, 1.807) is 17.6 Å². The molecule has 0 radical (unpaired) electrons. The van der Waals surface area contributed by atoms with Gasteiger partial charge in [-0.3, -0.25) is 0 Å². The van der Waals surface area contributed by atoms with E-state index in [0.29, 0.717) is 5.92 Å². The molecule has 2 heterocycles. The quantitative estimate of drug-likeness (QED) is 0.896. The average molecular weight is 264 g/mol. The number of hydrogen-bond acceptors (Lipinski definition) is 4. The van der Waals surface area contributed by atoms with Gasteiger partial charge in [0, 0.05) is 11.4 Å². The fourth-order valence-corrected chi connectivity index (χ4v) is 3.12. The Morgan fingerprint density at radius 2 is 2.22 bits per heavy atom. The van der Waals surface area contributed by atoms with Gasteiger partial charge < -0.3 is 9.73 Å². The van der Waals surface area contributed by atoms with Crippen LogP contribution < -0.4 is 5.32 Å². The summed E-state index contributed by atoms with van der Waals surface area (Å²) in [6.07, 6.45) is 2.76. The van der Waals surface area contributed by atoms with E-state index in [9.17, 15) is 0 Å². The number of rotatable bonds is 5. The van der Waals surface area contributed by atoms with Crippen LogP contribution >= 0.6 is 11.3 Å². The van der Waals surface area contributed by atoms with E-state index in [1.807, 2.05) is 20.0 Å². The Morgan fingerprint density at radius 3 is 2.78 bits per heavy atom. The third kappa shape index (κ3) is 2.82. The van der Waals surface area contributed by atoms with Crippen LogP contribution in [0.5, 0.6) is 0 Å². The van der Waals surface area contributed by atoms with Gasteiger partial charge in [-0.05, 0) is 32.4 Å². The van der Waals surface area contributed by atoms with E-state index >= 15 is 0 Å². The first-order valence-corrected chi connectivity index (χ1v) is 7.11. The van der Waals surface area contributed by atoms with E-state index in [4.69, 9.17) is 9.40 Å². The molecule has 2 aromatic rings. The largest absolute Gasteiger partial charge is 0.469 e. The smallest absolute Gasteiger partial charge is 0.127 e. The van der Waals surface area contributed by atoms with Crippen molar-refractivity contribution in [2.45, 2.75) is 33.7 Å². The molecule has 0 fully saturated rings. The van der Waals surface area contributed by atoms with Crippen LogP contribution in [0.1, 0.15) is 30.2 Å². The second-order valence-corrected chi connectivity index (χ2v) is 5.99. The summed E-state index contributed by atoms with van der Waals surface area (Å²) < 4.78 is 5.36. The van der Waals surface area contributed by atoms with Gasteiger partial charge in [0.15, 0.2) is 0 Å². The Labute approximate surface area is 112 Å². The van der Waals surface area contributed by atoms with Crippen molar-refractivity contribution in [1.29, 1.82) is 0 Å². The Hall–Kier alpha value is -1.13. The molecular weight excluding hydrogens is 244 g/mol. The molecule has 0 amide bonds. The average Bonchev–Trinajstić information content (AvgIpc) is 2.86. The zero-order chi connectivity index (χ0) is 13.1. The van der Waals surface area contributed by atoms with Crippen LogP contribution in [-0.2, 0) is 13.0 Å². The molecule has 0 unspecified atom stereocenters. The molecule has 18 heavy (non-hydrogen) atoms. The maximum Gasteiger partial charge on any atom is 0.127 e. The van der Waals surface area contributed by atoms with Crippen LogP contribution in [0.3, 0.4) is 0 Å². The molecule has 0 aliphatic heterocycles. The summed E-state index contributed by atoms with van der Waals surface area (Å²) in [7, 11) is 1.97. The van der Waals surface area contributed by atoms with Crippen molar-refractivity contribution >= 4 is 11.3 Å². The van der Waals surface area contributed by atoms with Gasteiger partial charge >= 0.3 is 0 Å². The molecule has 1 N–H and O–H groups in total. The van der Waals surface area contributed by atoms with Crippen LogP contribution in [0, 0.1) is 12.8 Å². The minimum atomic E-state index is 0.626. The highest BCUT2D eigenvalue weighted by atomic mass is 32.1. The highest BCUT2D eigenvalue weighted by molar-refractivity contribution is 7.15. The topological polar surface area (TPSA) is 38.1 Å². The number of nitrogens with one attached hydrogen (secondary N) is 1. The van der Waals surface area contributed by atoms with E-state index in [0.717, 1.165) is 29.3 Å². The van der Waals surface area contributed by atoms with Crippen molar-refractivity contribution < 1.29 is 4.42 Å². The lowest BCUT2D eigenvalue weighted by molar-refractivity contribution is 0.535. The second-order valence-electron chi connectivity index (χ2n) is 4.91. The first-order chi connectivity index (χ1) is 8.61. The summed E-state index contributed by atoms with van der Waals surface area (Å²) in [6.45, 7) is 7.32. The molecule has 0 saturated heterocycles. The molecule has 2 rings (SSSR count). The molecule has 0 spiro atoms. The van der Waals surface area contributed by atoms with Gasteiger partial charge in [-0.25, -0.2) is 4.98 Å². The van der Waals surface area contributed by atoms with Crippen LogP contribution in [0.25, 0.3) is 10.6 Å². The Morgan fingerprint density at radius 1 is 1.44 bits per heavy atom. The first-order valence-electron chi connectivity index (χ1n) is 6.29. The van der Waals surface area contributed by atoms with Crippen LogP contribution in [0.15, 0.2) is 16.7 Å². The lowest BCUT2D eigenvalue weighted by atomic mass is 10.1. The van der Waals surface area contributed by atoms with Gasteiger partial charge in [0.1, 0.15) is 10.8 Å². The number of thiazole rings is 1. The molecule has 4 heteroatoms. The number of aromatic nitrogens is 1. The molecule has 0 aliphatic carbocycles. The van der Waals surface area contributed by atoms with Gasteiger partial charge in [0.25, 0.3) is 0 Å². The van der Waals surface area contributed by atoms with Crippen molar-refractivity contribution in [2.75, 3.05) is 7.05 Å². The molecular formula is C14H20N2OS. The fraction of sp³-hybridized carbons (Fsp3) is 0.500. The predicted octanol–water partition coefficient (Wildman–Crippen LogP) is 3.63. The second kappa shape index (κ2) is 5.67. The summed E-state index contributed by atoms with van der Waals surface area (Å²) in [5.74, 6) is 1.57. The summed E-state index contributed by atoms with van der Waals surface area (Å²) in [6, 6.07) is 2.00. The first kappa shape index (κ1) is 13.3. The number of aryl methyl sites for hydroxylation is 1. The summed E-state index contributed by atoms with van der Waals surface area (Å²) in [4.78, 5) is 6.13. The van der Waals surface area contributed by atoms with Crippen LogP contribution in [-0.4, -0.2) is 12.0 Å². The Bertz CT molecular complexity index is 514. The maximum atomic E-state index is 5.36. The monoisotopic (exact) mass is 264 g/mol. The molecule has 3 nitrogen and oxygen atoms in total. The molecule has 0 aromatic carbocycles. The summed E-state index contributed by atoms with van der Waals surface area (Å²) in [5.41, 5.74) is 2.34. The number of furan rings is 1. The maximum absolute atomic E-state index is 5.36. The normalized spacial score (nSPS) is 11.4. The number of nitrogens with zero attached hydrogens (tertiary/aromatic N) is 1. The molecule has 0 bridgehead atoms. The number of hydrogen-bond donors (Lipinski definition) is 1. The van der Waals surface area contributed by atoms with Gasteiger partial charge in [0.05, 0.1) is 17.5 Å². The van der Waals surface area contributed by atoms with E-state index < -0.39 is 0 Å². The van der Waals surface area contributed by atoms with E-state index in [2.05, 4.69) is 19.2 Å². The zero-order valence-corrected chi connectivity index (χ0v) is 12.2. The molecule has 98 valence electrons. The van der Waals surface area contributed by atoms with Gasteiger partial charge in [-0.2, -0.15) is 0 Å². The van der Waals surface area contributed by atoms with Gasteiger partial charge in [0.2, 0.25) is 0 Å². The van der Waals surface area contributed by atoms with E-state index in [1.165, 1.54) is 10.6 Å². The van der Waals surface area contributed by atoms with Crippen molar-refractivity contribution in [3.8, 4) is 10.6 Å². The SMILES string of the molecule is CNCc1sc(-c2ccoc2C)nc1CC(C)C. The van der Waals surface area contributed by atoms with Crippen molar-refractivity contribution in [1.82, 2.24) is 10.3 Å². The minimum Gasteiger partial charge on any atom is -0.469 e. The van der Waals surface area contributed by atoms with Crippen LogP contribution in [0.4, 0.5) is 0 Å². The third-order valence-electron chi connectivity index (χ3n) is 2.81. The molecule has 0 saturated carbocycles. The fourth-order valence-electron chi connectivity index (χ4n) is 1.95. The van der Waals surface area contributed by atoms with Crippen molar-refractivity contribution in [3.63, 3.8) is 0 Å². The standard InChI is InChI=1S/C14H20N2OS/c1-9(2)7-12-13(8-15-4)18-14(16-12)11-5-6-17-10(11)3/h5-6,9,15H,7-8H2,1-4H3. The molecule has 0 atom stereocenters. The molecule has 2 aromatic heterocycles. The van der Waals surface area contributed by atoms with Crippen molar-refractivity contribution in [2.24, 2.45) is 5.92 Å². The Balaban J connectivity index is 2.35. The zero-order valence-electron chi connectivity index (χ0n) is 11.4. The van der Waals surface area contributed by atoms with Gasteiger partial charge in [-0.1, -0.05) is 13.8 Å². The Kier molecular flexibility index (Phi) is 4.19. The highest BCUT2D eigenvalue weighted by Gasteiger charge is 2.15. The summed E-state index contributed by atoms with van der Waals surface area (Å²) in [5, 5.41) is 4.29. The van der Waals surface area contributed by atoms with Crippen molar-refractivity contribution in [3.05, 3.63) is 28.7 Å². The van der Waals surface area contributed by atoms with Crippen LogP contribution in [0.2, 0.25) is 0 Å². The highest BCUT2D eigenvalue weighted by Crippen LogP contribution is 2.31. The third-order valence-corrected chi connectivity index (χ3v) is 3.94. The summed E-state index contributed by atoms with van der Waals surface area (Å²) >= 11 is 1.76. The minimum absolute atomic E-state index is 0.626. The molecule has 0 aliphatic rings. The predicted molar refractivity (Wildman–Crippen MR) is 75.9 cm³/mol. The van der Waals surface area contributed by atoms with Gasteiger partial charge in [-0.15, -0.1) is 11.3 Å². The van der Waals surface area contributed by atoms with E-state index in [-0.39, 0.29) is 0 Å². The lowest BCUT2D eigenvalue weighted by Gasteiger charge is -2.03.